The van der Waals surface area contributed by atoms with Crippen molar-refractivity contribution in [2.75, 3.05) is 7.11 Å². The first-order valence-electron chi connectivity index (χ1n) is 6.45. The highest BCUT2D eigenvalue weighted by atomic mass is 16.5. The van der Waals surface area contributed by atoms with E-state index >= 15 is 0 Å². The molecule has 1 aromatic carbocycles. The summed E-state index contributed by atoms with van der Waals surface area (Å²) in [5.41, 5.74) is 0.589. The second-order valence-corrected chi connectivity index (χ2v) is 5.39. The van der Waals surface area contributed by atoms with Crippen molar-refractivity contribution in [2.45, 2.75) is 32.8 Å². The molecule has 0 fully saturated rings. The number of aliphatic carboxylic acids is 1. The van der Waals surface area contributed by atoms with Crippen LogP contribution in [0.5, 0.6) is 5.75 Å². The maximum atomic E-state index is 11.7. The molecule has 0 spiro atoms. The van der Waals surface area contributed by atoms with Gasteiger partial charge in [0.25, 0.3) is 0 Å². The molecule has 0 bridgehead atoms. The van der Waals surface area contributed by atoms with Crippen molar-refractivity contribution in [3.8, 4) is 5.75 Å². The van der Waals surface area contributed by atoms with E-state index in [2.05, 4.69) is 4.74 Å². The number of carbonyl (C=O) groups is 2. The van der Waals surface area contributed by atoms with Crippen LogP contribution >= 0.6 is 0 Å². The van der Waals surface area contributed by atoms with Crippen molar-refractivity contribution in [3.63, 3.8) is 0 Å². The fourth-order valence-electron chi connectivity index (χ4n) is 2.50. The van der Waals surface area contributed by atoms with Crippen LogP contribution in [0.25, 0.3) is 0 Å². The molecule has 0 aromatic heterocycles. The highest BCUT2D eigenvalue weighted by Gasteiger charge is 2.46. The van der Waals surface area contributed by atoms with E-state index in [1.54, 1.807) is 0 Å². The van der Waals surface area contributed by atoms with Gasteiger partial charge in [0.2, 0.25) is 0 Å². The second-order valence-electron chi connectivity index (χ2n) is 5.39. The van der Waals surface area contributed by atoms with Gasteiger partial charge in [-0.15, -0.1) is 0 Å². The Morgan fingerprint density at radius 1 is 1.50 bits per heavy atom. The maximum Gasteiger partial charge on any atom is 0.323 e. The van der Waals surface area contributed by atoms with E-state index < -0.39 is 17.4 Å². The van der Waals surface area contributed by atoms with Crippen LogP contribution in [0.3, 0.4) is 0 Å². The summed E-state index contributed by atoms with van der Waals surface area (Å²) in [4.78, 5) is 23.1. The number of carboxylic acid groups (broad SMARTS) is 1. The van der Waals surface area contributed by atoms with Crippen molar-refractivity contribution in [2.24, 2.45) is 5.41 Å². The molecule has 1 heterocycles. The molecular formula is C15H18O5. The minimum atomic E-state index is -1.59. The fraction of sp³-hybridized carbons (Fsp3) is 0.467. The normalized spacial score (nSPS) is 19.6. The van der Waals surface area contributed by atoms with E-state index in [1.165, 1.54) is 14.0 Å². The van der Waals surface area contributed by atoms with Crippen LogP contribution in [0.4, 0.5) is 0 Å². The summed E-state index contributed by atoms with van der Waals surface area (Å²) >= 11 is 0. The summed E-state index contributed by atoms with van der Waals surface area (Å²) in [7, 11) is 1.19. The summed E-state index contributed by atoms with van der Waals surface area (Å²) in [5, 5.41) is 9.30. The summed E-state index contributed by atoms with van der Waals surface area (Å²) in [5.74, 6) is -1.18. The molecular weight excluding hydrogens is 260 g/mol. The summed E-state index contributed by atoms with van der Waals surface area (Å²) in [6.45, 7) is 3.36. The zero-order valence-electron chi connectivity index (χ0n) is 11.8. The zero-order valence-corrected chi connectivity index (χ0v) is 11.8. The quantitative estimate of drug-likeness (QED) is 0.673. The van der Waals surface area contributed by atoms with E-state index in [0.29, 0.717) is 6.42 Å². The third kappa shape index (κ3) is 2.48. The molecule has 1 N–H and O–H groups in total. The van der Waals surface area contributed by atoms with Crippen molar-refractivity contribution in [1.82, 2.24) is 0 Å². The van der Waals surface area contributed by atoms with Gasteiger partial charge >= 0.3 is 11.9 Å². The van der Waals surface area contributed by atoms with Crippen LogP contribution in [0.15, 0.2) is 18.2 Å². The molecule has 0 radical (unpaired) electrons. The zero-order chi connectivity index (χ0) is 14.9. The Labute approximate surface area is 117 Å². The van der Waals surface area contributed by atoms with E-state index in [9.17, 15) is 14.7 Å². The molecule has 2 unspecified atom stereocenters. The first-order valence-corrected chi connectivity index (χ1v) is 6.45. The molecule has 0 amide bonds. The predicted molar refractivity (Wildman–Crippen MR) is 71.7 cm³/mol. The molecule has 0 saturated carbocycles. The van der Waals surface area contributed by atoms with Crippen LogP contribution in [-0.4, -0.2) is 30.3 Å². The first-order chi connectivity index (χ1) is 9.36. The molecule has 108 valence electrons. The molecule has 2 rings (SSSR count). The third-order valence-corrected chi connectivity index (χ3v) is 3.70. The van der Waals surface area contributed by atoms with Crippen LogP contribution < -0.4 is 4.74 Å². The number of rotatable bonds is 4. The lowest BCUT2D eigenvalue weighted by Gasteiger charge is -2.24. The lowest BCUT2D eigenvalue weighted by Crippen LogP contribution is -2.41. The summed E-state index contributed by atoms with van der Waals surface area (Å²) < 4.78 is 10.3. The number of carbonyl (C=O) groups excluding carboxylic acids is 1. The number of hydrogen-bond acceptors (Lipinski definition) is 4. The van der Waals surface area contributed by atoms with Crippen LogP contribution in [0.1, 0.15) is 24.5 Å². The largest absolute Gasteiger partial charge is 0.490 e. The van der Waals surface area contributed by atoms with Gasteiger partial charge in [-0.3, -0.25) is 9.59 Å². The maximum absolute atomic E-state index is 11.7. The number of aryl methyl sites for hydroxylation is 1. The SMILES string of the molecule is COC(=O)C(C)(CC1Cc2cc(C)ccc2O1)C(=O)O. The Morgan fingerprint density at radius 2 is 2.20 bits per heavy atom. The fourth-order valence-corrected chi connectivity index (χ4v) is 2.50. The van der Waals surface area contributed by atoms with Crippen molar-refractivity contribution in [1.29, 1.82) is 0 Å². The van der Waals surface area contributed by atoms with E-state index in [1.807, 2.05) is 25.1 Å². The minimum Gasteiger partial charge on any atom is -0.490 e. The number of fused-ring (bicyclic) bond motifs is 1. The Morgan fingerprint density at radius 3 is 2.80 bits per heavy atom. The van der Waals surface area contributed by atoms with Gasteiger partial charge in [0, 0.05) is 12.8 Å². The Kier molecular flexibility index (Phi) is 3.70. The smallest absolute Gasteiger partial charge is 0.323 e. The molecule has 20 heavy (non-hydrogen) atoms. The monoisotopic (exact) mass is 278 g/mol. The summed E-state index contributed by atoms with van der Waals surface area (Å²) in [6, 6.07) is 5.84. The highest BCUT2D eigenvalue weighted by molar-refractivity contribution is 5.98. The Bertz CT molecular complexity index is 551. The van der Waals surface area contributed by atoms with Crippen LogP contribution in [0.2, 0.25) is 0 Å². The average Bonchev–Trinajstić information content (AvgIpc) is 2.78. The van der Waals surface area contributed by atoms with Gasteiger partial charge in [-0.2, -0.15) is 0 Å². The number of carboxylic acids is 1. The van der Waals surface area contributed by atoms with Gasteiger partial charge in [-0.05, 0) is 25.5 Å². The van der Waals surface area contributed by atoms with Gasteiger partial charge in [-0.25, -0.2) is 0 Å². The standard InChI is InChI=1S/C15H18O5/c1-9-4-5-12-10(6-9)7-11(20-12)8-15(2,13(16)17)14(18)19-3/h4-6,11H,7-8H2,1-3H3,(H,16,17). The molecule has 5 heteroatoms. The molecule has 2 atom stereocenters. The van der Waals surface area contributed by atoms with Crippen molar-refractivity contribution >= 4 is 11.9 Å². The number of benzene rings is 1. The van der Waals surface area contributed by atoms with Gasteiger partial charge in [0.15, 0.2) is 5.41 Å². The average molecular weight is 278 g/mol. The van der Waals surface area contributed by atoms with Gasteiger partial charge < -0.3 is 14.6 Å². The Balaban J connectivity index is 2.16. The second kappa shape index (κ2) is 5.15. The summed E-state index contributed by atoms with van der Waals surface area (Å²) in [6.07, 6.45) is 0.367. The highest BCUT2D eigenvalue weighted by Crippen LogP contribution is 2.35. The van der Waals surface area contributed by atoms with E-state index in [4.69, 9.17) is 4.74 Å². The van der Waals surface area contributed by atoms with Gasteiger partial charge in [0.1, 0.15) is 11.9 Å². The molecule has 0 saturated heterocycles. The van der Waals surface area contributed by atoms with E-state index in [-0.39, 0.29) is 12.5 Å². The van der Waals surface area contributed by atoms with Crippen molar-refractivity contribution in [3.05, 3.63) is 29.3 Å². The van der Waals surface area contributed by atoms with Gasteiger partial charge in [0.05, 0.1) is 7.11 Å². The molecule has 0 aliphatic carbocycles. The number of esters is 1. The van der Waals surface area contributed by atoms with Crippen LogP contribution in [0, 0.1) is 12.3 Å². The molecule has 1 aromatic rings. The first kappa shape index (κ1) is 14.4. The topological polar surface area (TPSA) is 72.8 Å². The molecule has 5 nitrogen and oxygen atoms in total. The lowest BCUT2D eigenvalue weighted by molar-refractivity contribution is -0.167. The van der Waals surface area contributed by atoms with Crippen LogP contribution in [-0.2, 0) is 20.7 Å². The Hall–Kier alpha value is -2.04. The number of ether oxygens (including phenoxy) is 2. The molecule has 1 aliphatic rings. The van der Waals surface area contributed by atoms with Crippen molar-refractivity contribution < 1.29 is 24.2 Å². The number of hydrogen-bond donors (Lipinski definition) is 1. The van der Waals surface area contributed by atoms with Gasteiger partial charge in [-0.1, -0.05) is 17.7 Å². The minimum absolute atomic E-state index is 0.0860. The van der Waals surface area contributed by atoms with E-state index in [0.717, 1.165) is 16.9 Å². The lowest BCUT2D eigenvalue weighted by atomic mass is 9.83. The third-order valence-electron chi connectivity index (χ3n) is 3.70. The molecule has 1 aliphatic heterocycles. The number of methoxy groups -OCH3 is 1. The predicted octanol–water partition coefficient (Wildman–Crippen LogP) is 1.95.